The van der Waals surface area contributed by atoms with Gasteiger partial charge in [0.2, 0.25) is 5.56 Å². The molecule has 1 aromatic heterocycles. The molecule has 0 unspecified atom stereocenters. The number of anilines is 1. The molecule has 0 amide bonds. The number of nitrogens with zero attached hydrogens (tertiary/aromatic N) is 2. The van der Waals surface area contributed by atoms with E-state index in [4.69, 9.17) is 15.2 Å². The standard InChI is InChI=1S/C18H24N4O3/c1-24-15-9-8-14(13-16(15)25-2)21-18(19)20-10-4-6-12-22-11-5-3-7-17(22)23/h3,5,7-9,11,13H,4,6,10,12H2,1-2H3,(H3,19,20,21). The van der Waals surface area contributed by atoms with Crippen molar-refractivity contribution < 1.29 is 9.47 Å². The highest BCUT2D eigenvalue weighted by Crippen LogP contribution is 2.29. The molecule has 3 N–H and O–H groups in total. The molecule has 0 aliphatic carbocycles. The van der Waals surface area contributed by atoms with E-state index >= 15 is 0 Å². The lowest BCUT2D eigenvalue weighted by Crippen LogP contribution is -2.23. The van der Waals surface area contributed by atoms with Crippen molar-refractivity contribution >= 4 is 11.6 Å². The molecule has 0 fully saturated rings. The topological polar surface area (TPSA) is 90.9 Å². The molecular weight excluding hydrogens is 320 g/mol. The van der Waals surface area contributed by atoms with Gasteiger partial charge < -0.3 is 25.1 Å². The molecule has 25 heavy (non-hydrogen) atoms. The first-order valence-corrected chi connectivity index (χ1v) is 8.08. The number of aryl methyl sites for hydroxylation is 1. The van der Waals surface area contributed by atoms with Crippen LogP contribution in [0.5, 0.6) is 11.5 Å². The minimum Gasteiger partial charge on any atom is -0.493 e. The lowest BCUT2D eigenvalue weighted by atomic mass is 10.2. The summed E-state index contributed by atoms with van der Waals surface area (Å²) in [7, 11) is 3.17. The normalized spacial score (nSPS) is 11.2. The summed E-state index contributed by atoms with van der Waals surface area (Å²) in [6, 6.07) is 10.6. The quantitative estimate of drug-likeness (QED) is 0.435. The van der Waals surface area contributed by atoms with Gasteiger partial charge in [-0.05, 0) is 31.0 Å². The first-order valence-electron chi connectivity index (χ1n) is 8.08. The number of nitrogens with one attached hydrogen (secondary N) is 1. The van der Waals surface area contributed by atoms with Crippen LogP contribution in [0.2, 0.25) is 0 Å². The summed E-state index contributed by atoms with van der Waals surface area (Å²) in [6.45, 7) is 1.27. The van der Waals surface area contributed by atoms with Crippen LogP contribution in [0.4, 0.5) is 5.69 Å². The molecular formula is C18H24N4O3. The van der Waals surface area contributed by atoms with Crippen LogP contribution in [-0.4, -0.2) is 31.3 Å². The van der Waals surface area contributed by atoms with E-state index in [1.165, 1.54) is 0 Å². The monoisotopic (exact) mass is 344 g/mol. The summed E-state index contributed by atoms with van der Waals surface area (Å²) in [5.41, 5.74) is 6.68. The van der Waals surface area contributed by atoms with E-state index < -0.39 is 0 Å². The average molecular weight is 344 g/mol. The summed E-state index contributed by atoms with van der Waals surface area (Å²) < 4.78 is 12.1. The zero-order chi connectivity index (χ0) is 18.1. The third-order valence-corrected chi connectivity index (χ3v) is 3.64. The number of unbranched alkanes of at least 4 members (excludes halogenated alkanes) is 1. The molecule has 7 nitrogen and oxygen atoms in total. The van der Waals surface area contributed by atoms with Gasteiger partial charge in [0.05, 0.1) is 14.2 Å². The summed E-state index contributed by atoms with van der Waals surface area (Å²) in [6.07, 6.45) is 3.49. The van der Waals surface area contributed by atoms with Crippen molar-refractivity contribution in [2.24, 2.45) is 10.7 Å². The summed E-state index contributed by atoms with van der Waals surface area (Å²) >= 11 is 0. The number of guanidine groups is 1. The Labute approximate surface area is 147 Å². The highest BCUT2D eigenvalue weighted by molar-refractivity contribution is 5.92. The van der Waals surface area contributed by atoms with Gasteiger partial charge in [0, 0.05) is 37.1 Å². The first kappa shape index (κ1) is 18.4. The first-order chi connectivity index (χ1) is 12.1. The van der Waals surface area contributed by atoms with Gasteiger partial charge in [0.25, 0.3) is 0 Å². The van der Waals surface area contributed by atoms with Gasteiger partial charge in [-0.2, -0.15) is 0 Å². The second-order valence-corrected chi connectivity index (χ2v) is 5.40. The predicted octanol–water partition coefficient (Wildman–Crippen LogP) is 2.07. The Morgan fingerprint density at radius 3 is 2.68 bits per heavy atom. The lowest BCUT2D eigenvalue weighted by Gasteiger charge is -2.11. The van der Waals surface area contributed by atoms with Crippen molar-refractivity contribution in [3.8, 4) is 11.5 Å². The third-order valence-electron chi connectivity index (χ3n) is 3.64. The van der Waals surface area contributed by atoms with E-state index in [2.05, 4.69) is 10.3 Å². The molecule has 0 bridgehead atoms. The van der Waals surface area contributed by atoms with Crippen LogP contribution < -0.4 is 26.1 Å². The number of hydrogen-bond donors (Lipinski definition) is 2. The van der Waals surface area contributed by atoms with E-state index in [0.29, 0.717) is 30.5 Å². The Balaban J connectivity index is 1.80. The fraction of sp³-hybridized carbons (Fsp3) is 0.333. The number of nitrogens with two attached hydrogens (primary N) is 1. The van der Waals surface area contributed by atoms with Crippen LogP contribution >= 0.6 is 0 Å². The largest absolute Gasteiger partial charge is 0.493 e. The summed E-state index contributed by atoms with van der Waals surface area (Å²) in [5, 5.41) is 3.02. The van der Waals surface area contributed by atoms with Crippen LogP contribution in [-0.2, 0) is 6.54 Å². The molecule has 0 atom stereocenters. The second kappa shape index (κ2) is 9.36. The number of pyridine rings is 1. The van der Waals surface area contributed by atoms with E-state index in [0.717, 1.165) is 18.5 Å². The number of aromatic nitrogens is 1. The molecule has 0 aliphatic heterocycles. The van der Waals surface area contributed by atoms with Crippen molar-refractivity contribution in [1.29, 1.82) is 0 Å². The van der Waals surface area contributed by atoms with Gasteiger partial charge >= 0.3 is 0 Å². The number of benzene rings is 1. The van der Waals surface area contributed by atoms with E-state index in [-0.39, 0.29) is 5.56 Å². The Hall–Kier alpha value is -2.96. The molecule has 7 heteroatoms. The van der Waals surface area contributed by atoms with Crippen molar-refractivity contribution in [3.05, 3.63) is 52.9 Å². The molecule has 134 valence electrons. The van der Waals surface area contributed by atoms with Crippen molar-refractivity contribution in [3.63, 3.8) is 0 Å². The Morgan fingerprint density at radius 1 is 1.16 bits per heavy atom. The average Bonchev–Trinajstić information content (AvgIpc) is 2.62. The predicted molar refractivity (Wildman–Crippen MR) is 99.6 cm³/mol. The van der Waals surface area contributed by atoms with Crippen molar-refractivity contribution in [2.45, 2.75) is 19.4 Å². The molecule has 2 rings (SSSR count). The van der Waals surface area contributed by atoms with E-state index in [9.17, 15) is 4.79 Å². The van der Waals surface area contributed by atoms with Crippen molar-refractivity contribution in [2.75, 3.05) is 26.1 Å². The van der Waals surface area contributed by atoms with Crippen LogP contribution in [0.1, 0.15) is 12.8 Å². The maximum absolute atomic E-state index is 11.6. The van der Waals surface area contributed by atoms with Crippen LogP contribution in [0, 0.1) is 0 Å². The number of rotatable bonds is 8. The molecule has 0 saturated heterocycles. The molecule has 1 heterocycles. The molecule has 1 aromatic carbocycles. The summed E-state index contributed by atoms with van der Waals surface area (Å²) in [4.78, 5) is 15.9. The van der Waals surface area contributed by atoms with Gasteiger partial charge in [-0.25, -0.2) is 0 Å². The smallest absolute Gasteiger partial charge is 0.250 e. The highest BCUT2D eigenvalue weighted by Gasteiger charge is 2.05. The van der Waals surface area contributed by atoms with Gasteiger partial charge in [0.15, 0.2) is 17.5 Å². The van der Waals surface area contributed by atoms with Crippen molar-refractivity contribution in [1.82, 2.24) is 4.57 Å². The third kappa shape index (κ3) is 5.56. The van der Waals surface area contributed by atoms with Gasteiger partial charge in [0.1, 0.15) is 0 Å². The summed E-state index contributed by atoms with van der Waals surface area (Å²) in [5.74, 6) is 1.61. The maximum Gasteiger partial charge on any atom is 0.250 e. The fourth-order valence-electron chi connectivity index (χ4n) is 2.34. The zero-order valence-corrected chi connectivity index (χ0v) is 14.6. The lowest BCUT2D eigenvalue weighted by molar-refractivity contribution is 0.355. The number of aliphatic imine (C=N–C) groups is 1. The minimum atomic E-state index is 0.0145. The SMILES string of the molecule is COc1ccc(NC(N)=NCCCCn2ccccc2=O)cc1OC. The molecule has 2 aromatic rings. The second-order valence-electron chi connectivity index (χ2n) is 5.40. The Kier molecular flexibility index (Phi) is 6.88. The number of methoxy groups -OCH3 is 2. The number of hydrogen-bond acceptors (Lipinski definition) is 4. The Morgan fingerprint density at radius 2 is 1.96 bits per heavy atom. The maximum atomic E-state index is 11.6. The van der Waals surface area contributed by atoms with Crippen LogP contribution in [0.25, 0.3) is 0 Å². The zero-order valence-electron chi connectivity index (χ0n) is 14.6. The van der Waals surface area contributed by atoms with Gasteiger partial charge in [-0.3, -0.25) is 9.79 Å². The highest BCUT2D eigenvalue weighted by atomic mass is 16.5. The van der Waals surface area contributed by atoms with Crippen LogP contribution in [0.15, 0.2) is 52.4 Å². The molecule has 0 radical (unpaired) electrons. The van der Waals surface area contributed by atoms with Crippen LogP contribution in [0.3, 0.4) is 0 Å². The molecule has 0 saturated carbocycles. The van der Waals surface area contributed by atoms with E-state index in [1.807, 2.05) is 12.1 Å². The fourth-order valence-corrected chi connectivity index (χ4v) is 2.34. The molecule has 0 aliphatic rings. The van der Waals surface area contributed by atoms with Gasteiger partial charge in [-0.1, -0.05) is 6.07 Å². The Bertz CT molecular complexity index is 771. The van der Waals surface area contributed by atoms with Gasteiger partial charge in [-0.15, -0.1) is 0 Å². The molecule has 0 spiro atoms. The van der Waals surface area contributed by atoms with E-state index in [1.54, 1.807) is 49.2 Å². The minimum absolute atomic E-state index is 0.0145. The number of ether oxygens (including phenoxy) is 2.